The van der Waals surface area contributed by atoms with E-state index < -0.39 is 5.97 Å². The molecule has 2 N–H and O–H groups in total. The van der Waals surface area contributed by atoms with Gasteiger partial charge in [0.2, 0.25) is 0 Å². The van der Waals surface area contributed by atoms with Crippen molar-refractivity contribution >= 4 is 22.8 Å². The Hall–Kier alpha value is -2.15. The topological polar surface area (TPSA) is 91.3 Å². The van der Waals surface area contributed by atoms with Crippen LogP contribution in [-0.2, 0) is 4.74 Å². The largest absolute Gasteiger partial charge is 0.477 e. The fourth-order valence-electron chi connectivity index (χ4n) is 2.07. The van der Waals surface area contributed by atoms with E-state index in [1.165, 1.54) is 6.33 Å². The van der Waals surface area contributed by atoms with Crippen molar-refractivity contribution in [2.45, 2.75) is 0 Å². The molecule has 0 unspecified atom stereocenters. The molecule has 1 saturated heterocycles. The molecule has 0 saturated carbocycles. The number of aromatic nitrogens is 3. The Kier molecular flexibility index (Phi) is 2.60. The molecule has 0 aromatic carbocycles. The number of nitrogens with one attached hydrogen (secondary N) is 1. The first kappa shape index (κ1) is 11.0. The Balaban J connectivity index is 2.07. The first-order chi connectivity index (χ1) is 8.75. The highest BCUT2D eigenvalue weighted by Crippen LogP contribution is 2.24. The lowest BCUT2D eigenvalue weighted by Crippen LogP contribution is -2.36. The van der Waals surface area contributed by atoms with Crippen LogP contribution in [0.5, 0.6) is 0 Å². The van der Waals surface area contributed by atoms with Gasteiger partial charge in [-0.3, -0.25) is 0 Å². The van der Waals surface area contributed by atoms with Gasteiger partial charge in [-0.25, -0.2) is 14.8 Å². The zero-order valence-corrected chi connectivity index (χ0v) is 9.59. The molecule has 0 radical (unpaired) electrons. The number of carboxylic acids is 1. The lowest BCUT2D eigenvalue weighted by molar-refractivity contribution is 0.0691. The lowest BCUT2D eigenvalue weighted by atomic mass is 10.3. The van der Waals surface area contributed by atoms with Crippen LogP contribution < -0.4 is 4.90 Å². The van der Waals surface area contributed by atoms with Crippen LogP contribution in [0.1, 0.15) is 10.5 Å². The summed E-state index contributed by atoms with van der Waals surface area (Å²) in [5, 5.41) is 9.71. The molecule has 1 fully saturated rings. The summed E-state index contributed by atoms with van der Waals surface area (Å²) in [6.07, 6.45) is 1.44. The Morgan fingerprint density at radius 2 is 2.17 bits per heavy atom. The Morgan fingerprint density at radius 1 is 1.39 bits per heavy atom. The normalized spacial score (nSPS) is 16.1. The number of anilines is 1. The molecule has 18 heavy (non-hydrogen) atoms. The van der Waals surface area contributed by atoms with E-state index in [2.05, 4.69) is 19.9 Å². The maximum absolute atomic E-state index is 10.9. The minimum Gasteiger partial charge on any atom is -0.477 e. The van der Waals surface area contributed by atoms with Crippen molar-refractivity contribution in [2.24, 2.45) is 0 Å². The van der Waals surface area contributed by atoms with Crippen LogP contribution in [0.4, 0.5) is 5.82 Å². The summed E-state index contributed by atoms with van der Waals surface area (Å²) in [4.78, 5) is 24.1. The fourth-order valence-corrected chi connectivity index (χ4v) is 2.07. The van der Waals surface area contributed by atoms with Crippen LogP contribution >= 0.6 is 0 Å². The number of carboxylic acid groups (broad SMARTS) is 1. The van der Waals surface area contributed by atoms with Gasteiger partial charge in [-0.05, 0) is 6.07 Å². The van der Waals surface area contributed by atoms with Crippen molar-refractivity contribution in [3.05, 3.63) is 18.1 Å². The first-order valence-electron chi connectivity index (χ1n) is 5.65. The molecule has 2 aromatic rings. The number of ether oxygens (including phenoxy) is 1. The number of nitrogens with zero attached hydrogens (tertiary/aromatic N) is 3. The van der Waals surface area contributed by atoms with Gasteiger partial charge >= 0.3 is 5.97 Å². The molecule has 0 aliphatic carbocycles. The van der Waals surface area contributed by atoms with Crippen molar-refractivity contribution in [3.8, 4) is 0 Å². The van der Waals surface area contributed by atoms with Crippen molar-refractivity contribution in [1.29, 1.82) is 0 Å². The summed E-state index contributed by atoms with van der Waals surface area (Å²) >= 11 is 0. The van der Waals surface area contributed by atoms with E-state index in [-0.39, 0.29) is 5.69 Å². The molecule has 94 valence electrons. The van der Waals surface area contributed by atoms with E-state index in [0.717, 1.165) is 24.3 Å². The van der Waals surface area contributed by atoms with Gasteiger partial charge in [-0.15, -0.1) is 0 Å². The molecular formula is C11H12N4O3. The van der Waals surface area contributed by atoms with E-state index in [9.17, 15) is 4.79 Å². The molecule has 7 nitrogen and oxygen atoms in total. The number of morpholine rings is 1. The zero-order chi connectivity index (χ0) is 12.5. The van der Waals surface area contributed by atoms with Crippen LogP contribution in [0, 0.1) is 0 Å². The summed E-state index contributed by atoms with van der Waals surface area (Å²) in [7, 11) is 0. The van der Waals surface area contributed by atoms with E-state index >= 15 is 0 Å². The number of carbonyl (C=O) groups is 1. The third-order valence-electron chi connectivity index (χ3n) is 2.95. The summed E-state index contributed by atoms with van der Waals surface area (Å²) in [6.45, 7) is 2.81. The minimum atomic E-state index is -0.999. The molecule has 3 rings (SSSR count). The summed E-state index contributed by atoms with van der Waals surface area (Å²) in [6, 6.07) is 1.57. The zero-order valence-electron chi connectivity index (χ0n) is 9.59. The quantitative estimate of drug-likeness (QED) is 0.803. The number of aromatic carboxylic acids is 1. The average molecular weight is 248 g/mol. The molecular weight excluding hydrogens is 236 g/mol. The summed E-state index contributed by atoms with van der Waals surface area (Å²) < 4.78 is 5.29. The van der Waals surface area contributed by atoms with Crippen molar-refractivity contribution < 1.29 is 14.6 Å². The van der Waals surface area contributed by atoms with Crippen molar-refractivity contribution in [2.75, 3.05) is 31.2 Å². The summed E-state index contributed by atoms with van der Waals surface area (Å²) in [5.41, 5.74) is 0.670. The van der Waals surface area contributed by atoms with Gasteiger partial charge in [0.25, 0.3) is 0 Å². The number of hydrogen-bond acceptors (Lipinski definition) is 5. The summed E-state index contributed by atoms with van der Waals surface area (Å²) in [5.74, 6) is -0.243. The molecule has 7 heteroatoms. The van der Waals surface area contributed by atoms with Gasteiger partial charge in [0.05, 0.1) is 18.6 Å². The molecule has 2 aromatic heterocycles. The SMILES string of the molecule is O=C(O)c1cc2c(N3CCOCC3)ncnc2[nH]1. The van der Waals surface area contributed by atoms with E-state index in [4.69, 9.17) is 9.84 Å². The maximum atomic E-state index is 10.9. The van der Waals surface area contributed by atoms with E-state index in [1.54, 1.807) is 6.07 Å². The Bertz CT molecular complexity index is 589. The van der Waals surface area contributed by atoms with Gasteiger partial charge < -0.3 is 19.7 Å². The fraction of sp³-hybridized carbons (Fsp3) is 0.364. The highest BCUT2D eigenvalue weighted by molar-refractivity contribution is 5.96. The number of aromatic amines is 1. The molecule has 0 bridgehead atoms. The maximum Gasteiger partial charge on any atom is 0.352 e. The van der Waals surface area contributed by atoms with Gasteiger partial charge in [0, 0.05) is 13.1 Å². The third-order valence-corrected chi connectivity index (χ3v) is 2.95. The first-order valence-corrected chi connectivity index (χ1v) is 5.65. The second-order valence-electron chi connectivity index (χ2n) is 4.05. The molecule has 1 aliphatic heterocycles. The Labute approximate surface area is 102 Å². The van der Waals surface area contributed by atoms with Gasteiger partial charge in [0.1, 0.15) is 23.5 Å². The van der Waals surface area contributed by atoms with Crippen LogP contribution in [0.15, 0.2) is 12.4 Å². The molecule has 0 amide bonds. The van der Waals surface area contributed by atoms with Crippen LogP contribution in [0.25, 0.3) is 11.0 Å². The highest BCUT2D eigenvalue weighted by Gasteiger charge is 2.18. The monoisotopic (exact) mass is 248 g/mol. The number of H-pyrrole nitrogens is 1. The van der Waals surface area contributed by atoms with Gasteiger partial charge in [0.15, 0.2) is 0 Å². The molecule has 0 atom stereocenters. The van der Waals surface area contributed by atoms with Crippen LogP contribution in [0.3, 0.4) is 0 Å². The number of fused-ring (bicyclic) bond motifs is 1. The molecule has 1 aliphatic rings. The van der Waals surface area contributed by atoms with Crippen molar-refractivity contribution in [3.63, 3.8) is 0 Å². The standard InChI is InChI=1S/C11H12N4O3/c16-11(17)8-5-7-9(14-8)12-6-13-10(7)15-1-3-18-4-2-15/h5-6H,1-4H2,(H,16,17)(H,12,13,14). The molecule has 3 heterocycles. The van der Waals surface area contributed by atoms with Gasteiger partial charge in [-0.1, -0.05) is 0 Å². The van der Waals surface area contributed by atoms with Crippen LogP contribution in [0.2, 0.25) is 0 Å². The number of hydrogen-bond donors (Lipinski definition) is 2. The minimum absolute atomic E-state index is 0.125. The smallest absolute Gasteiger partial charge is 0.352 e. The van der Waals surface area contributed by atoms with Crippen LogP contribution in [-0.4, -0.2) is 52.3 Å². The third kappa shape index (κ3) is 1.78. The average Bonchev–Trinajstić information content (AvgIpc) is 2.83. The number of rotatable bonds is 2. The Morgan fingerprint density at radius 3 is 2.89 bits per heavy atom. The predicted octanol–water partition coefficient (Wildman–Crippen LogP) is 0.493. The lowest BCUT2D eigenvalue weighted by Gasteiger charge is -2.27. The second kappa shape index (κ2) is 4.26. The van der Waals surface area contributed by atoms with Gasteiger partial charge in [-0.2, -0.15) is 0 Å². The predicted molar refractivity (Wildman–Crippen MR) is 63.9 cm³/mol. The van der Waals surface area contributed by atoms with E-state index in [0.29, 0.717) is 18.9 Å². The highest BCUT2D eigenvalue weighted by atomic mass is 16.5. The van der Waals surface area contributed by atoms with Crippen molar-refractivity contribution in [1.82, 2.24) is 15.0 Å². The second-order valence-corrected chi connectivity index (χ2v) is 4.05. The molecule has 0 spiro atoms. The van der Waals surface area contributed by atoms with E-state index in [1.807, 2.05) is 0 Å².